The number of unbranched alkanes of at least 4 members (excludes halogenated alkanes) is 2. The number of nitro benzene ring substituents is 1. The summed E-state index contributed by atoms with van der Waals surface area (Å²) in [7, 11) is 1.68. The Morgan fingerprint density at radius 2 is 1.87 bits per heavy atom. The zero-order valence-electron chi connectivity index (χ0n) is 17.0. The number of rotatable bonds is 9. The number of nitro groups is 1. The number of hydrogen-bond donors (Lipinski definition) is 2. The van der Waals surface area contributed by atoms with Crippen molar-refractivity contribution in [1.29, 1.82) is 0 Å². The molecule has 2 unspecified atom stereocenters. The van der Waals surface area contributed by atoms with Gasteiger partial charge in [0.15, 0.2) is 0 Å². The van der Waals surface area contributed by atoms with E-state index in [0.29, 0.717) is 12.6 Å². The number of carbonyl (C=O) groups is 1. The number of nitrogens with one attached hydrogen (secondary N) is 2. The smallest absolute Gasteiger partial charge is 0.282 e. The van der Waals surface area contributed by atoms with E-state index in [1.54, 1.807) is 36.2 Å². The van der Waals surface area contributed by atoms with Gasteiger partial charge in [0.25, 0.3) is 11.6 Å². The Morgan fingerprint density at radius 1 is 1.13 bits per heavy atom. The van der Waals surface area contributed by atoms with Gasteiger partial charge in [-0.05, 0) is 43.0 Å². The van der Waals surface area contributed by atoms with Gasteiger partial charge in [-0.1, -0.05) is 37.1 Å². The van der Waals surface area contributed by atoms with Crippen LogP contribution in [0.3, 0.4) is 0 Å². The van der Waals surface area contributed by atoms with Crippen molar-refractivity contribution in [2.45, 2.75) is 44.2 Å². The molecule has 0 saturated carbocycles. The molecule has 2 atom stereocenters. The molecule has 160 valence electrons. The lowest BCUT2D eigenvalue weighted by molar-refractivity contribution is -0.385. The molecule has 30 heavy (non-hydrogen) atoms. The Labute approximate surface area is 175 Å². The van der Waals surface area contributed by atoms with Gasteiger partial charge in [0.05, 0.1) is 4.92 Å². The van der Waals surface area contributed by atoms with Gasteiger partial charge < -0.3 is 4.90 Å². The Balaban J connectivity index is 1.37. The third-order valence-electron chi connectivity index (χ3n) is 5.48. The molecule has 1 amide bonds. The summed E-state index contributed by atoms with van der Waals surface area (Å²) in [6.07, 6.45) is 4.77. The molecule has 0 aromatic heterocycles. The lowest BCUT2D eigenvalue weighted by Gasteiger charge is -2.17. The molecule has 3 rings (SSSR count). The minimum absolute atomic E-state index is 0.123. The average molecular weight is 414 g/mol. The van der Waals surface area contributed by atoms with Gasteiger partial charge >= 0.3 is 0 Å². The second kappa shape index (κ2) is 10.3. The van der Waals surface area contributed by atoms with Crippen LogP contribution in [-0.4, -0.2) is 35.4 Å². The van der Waals surface area contributed by atoms with E-state index < -0.39 is 4.92 Å². The fourth-order valence-electron chi connectivity index (χ4n) is 3.76. The second-order valence-electron chi connectivity index (χ2n) is 7.68. The van der Waals surface area contributed by atoms with Crippen molar-refractivity contribution < 1.29 is 14.1 Å². The summed E-state index contributed by atoms with van der Waals surface area (Å²) in [6.45, 7) is 0.555. The molecule has 1 aliphatic rings. The van der Waals surface area contributed by atoms with Crippen LogP contribution < -0.4 is 10.9 Å². The van der Waals surface area contributed by atoms with E-state index in [2.05, 4.69) is 10.9 Å². The zero-order chi connectivity index (χ0) is 21.5. The minimum Gasteiger partial charge on any atom is -0.341 e. The summed E-state index contributed by atoms with van der Waals surface area (Å²) in [5, 5.41) is 11.1. The summed E-state index contributed by atoms with van der Waals surface area (Å²) >= 11 is 0. The molecule has 1 fully saturated rings. The quantitative estimate of drug-likeness (QED) is 0.368. The molecule has 1 aliphatic heterocycles. The number of amides is 1. The number of para-hydroxylation sites is 1. The summed E-state index contributed by atoms with van der Waals surface area (Å²) in [4.78, 5) is 24.6. The van der Waals surface area contributed by atoms with Crippen LogP contribution in [0.1, 0.15) is 54.1 Å². The molecule has 1 heterocycles. The maximum Gasteiger partial charge on any atom is 0.282 e. The fourth-order valence-corrected chi connectivity index (χ4v) is 3.76. The Bertz CT molecular complexity index is 875. The lowest BCUT2D eigenvalue weighted by atomic mass is 9.99. The van der Waals surface area contributed by atoms with Crippen LogP contribution in [0.5, 0.6) is 0 Å². The summed E-state index contributed by atoms with van der Waals surface area (Å²) < 4.78 is 13.1. The largest absolute Gasteiger partial charge is 0.341 e. The summed E-state index contributed by atoms with van der Waals surface area (Å²) in [5.74, 6) is -0.558. The SMILES string of the molecule is CN(CCCCCC1CC(c2ccc(F)cc2)NN1)C(=O)c1ccccc1[N+](=O)[O-]. The highest BCUT2D eigenvalue weighted by Crippen LogP contribution is 2.25. The van der Waals surface area contributed by atoms with E-state index in [0.717, 1.165) is 37.7 Å². The van der Waals surface area contributed by atoms with E-state index >= 15 is 0 Å². The highest BCUT2D eigenvalue weighted by Gasteiger charge is 2.25. The number of benzene rings is 2. The number of carbonyl (C=O) groups excluding carboxylic acids is 1. The topological polar surface area (TPSA) is 87.5 Å². The molecule has 2 N–H and O–H groups in total. The van der Waals surface area contributed by atoms with E-state index in [1.165, 1.54) is 24.3 Å². The van der Waals surface area contributed by atoms with Crippen LogP contribution in [0.2, 0.25) is 0 Å². The predicted octanol–water partition coefficient (Wildman–Crippen LogP) is 3.97. The van der Waals surface area contributed by atoms with Gasteiger partial charge in [-0.3, -0.25) is 25.8 Å². The number of nitrogens with zero attached hydrogens (tertiary/aromatic N) is 2. The van der Waals surface area contributed by atoms with Crippen molar-refractivity contribution in [1.82, 2.24) is 15.8 Å². The molecule has 7 nitrogen and oxygen atoms in total. The molecular weight excluding hydrogens is 387 g/mol. The predicted molar refractivity (Wildman–Crippen MR) is 112 cm³/mol. The van der Waals surface area contributed by atoms with Crippen molar-refractivity contribution in [2.24, 2.45) is 0 Å². The van der Waals surface area contributed by atoms with Crippen molar-refractivity contribution in [3.8, 4) is 0 Å². The van der Waals surface area contributed by atoms with Crippen LogP contribution in [0, 0.1) is 15.9 Å². The van der Waals surface area contributed by atoms with Crippen molar-refractivity contribution in [3.63, 3.8) is 0 Å². The van der Waals surface area contributed by atoms with Gasteiger partial charge in [-0.15, -0.1) is 0 Å². The third-order valence-corrected chi connectivity index (χ3v) is 5.48. The lowest BCUT2D eigenvalue weighted by Crippen LogP contribution is -2.31. The van der Waals surface area contributed by atoms with Crippen molar-refractivity contribution >= 4 is 11.6 Å². The number of hydrogen-bond acceptors (Lipinski definition) is 5. The normalized spacial score (nSPS) is 18.3. The molecule has 0 bridgehead atoms. The molecule has 8 heteroatoms. The monoisotopic (exact) mass is 414 g/mol. The average Bonchev–Trinajstić information content (AvgIpc) is 3.22. The summed E-state index contributed by atoms with van der Waals surface area (Å²) in [5.41, 5.74) is 7.60. The maximum absolute atomic E-state index is 13.1. The van der Waals surface area contributed by atoms with Crippen molar-refractivity contribution in [3.05, 3.63) is 75.6 Å². The third kappa shape index (κ3) is 5.61. The van der Waals surface area contributed by atoms with E-state index in [9.17, 15) is 19.3 Å². The standard InChI is InChI=1S/C22H27FN4O3/c1-26(22(28)19-8-4-5-9-21(19)27(29)30)14-6-2-3-7-18-15-20(25-24-18)16-10-12-17(23)13-11-16/h4-5,8-13,18,20,24-25H,2-3,6-7,14-15H2,1H3. The Hall–Kier alpha value is -2.84. The molecule has 2 aromatic carbocycles. The molecule has 2 aromatic rings. The van der Waals surface area contributed by atoms with Gasteiger partial charge in [0.2, 0.25) is 0 Å². The Kier molecular flexibility index (Phi) is 7.48. The highest BCUT2D eigenvalue weighted by atomic mass is 19.1. The number of hydrazine groups is 1. The van der Waals surface area contributed by atoms with E-state index in [4.69, 9.17) is 0 Å². The Morgan fingerprint density at radius 3 is 2.60 bits per heavy atom. The first-order valence-corrected chi connectivity index (χ1v) is 10.2. The van der Waals surface area contributed by atoms with E-state index in [1.807, 2.05) is 0 Å². The van der Waals surface area contributed by atoms with Crippen LogP contribution in [0.4, 0.5) is 10.1 Å². The van der Waals surface area contributed by atoms with Gasteiger partial charge in [-0.2, -0.15) is 0 Å². The number of halogens is 1. The minimum atomic E-state index is -0.525. The zero-order valence-corrected chi connectivity index (χ0v) is 17.0. The molecule has 0 aliphatic carbocycles. The molecule has 0 spiro atoms. The van der Waals surface area contributed by atoms with Gasteiger partial charge in [-0.25, -0.2) is 4.39 Å². The van der Waals surface area contributed by atoms with Crippen LogP contribution >= 0.6 is 0 Å². The van der Waals surface area contributed by atoms with Gasteiger partial charge in [0, 0.05) is 31.7 Å². The molecule has 0 radical (unpaired) electrons. The van der Waals surface area contributed by atoms with Crippen LogP contribution in [0.25, 0.3) is 0 Å². The highest BCUT2D eigenvalue weighted by molar-refractivity contribution is 5.97. The van der Waals surface area contributed by atoms with Gasteiger partial charge in [0.1, 0.15) is 11.4 Å². The fraction of sp³-hybridized carbons (Fsp3) is 0.409. The van der Waals surface area contributed by atoms with Crippen molar-refractivity contribution in [2.75, 3.05) is 13.6 Å². The van der Waals surface area contributed by atoms with E-state index in [-0.39, 0.29) is 29.0 Å². The molecular formula is C22H27FN4O3. The summed E-state index contributed by atoms with van der Waals surface area (Å²) in [6, 6.07) is 13.1. The first-order chi connectivity index (χ1) is 14.5. The first kappa shape index (κ1) is 21.9. The second-order valence-corrected chi connectivity index (χ2v) is 7.68. The van der Waals surface area contributed by atoms with Crippen LogP contribution in [0.15, 0.2) is 48.5 Å². The first-order valence-electron chi connectivity index (χ1n) is 10.2. The maximum atomic E-state index is 13.1. The van der Waals surface area contributed by atoms with Crippen LogP contribution in [-0.2, 0) is 0 Å². The molecule has 1 saturated heterocycles.